The second kappa shape index (κ2) is 10.5. The van der Waals surface area contributed by atoms with Gasteiger partial charge in [-0.2, -0.15) is 0 Å². The molecule has 7 nitrogen and oxygen atoms in total. The second-order valence-corrected chi connectivity index (χ2v) is 10.2. The van der Waals surface area contributed by atoms with Crippen LogP contribution in [0.1, 0.15) is 51.6 Å². The first-order valence-corrected chi connectivity index (χ1v) is 12.1. The van der Waals surface area contributed by atoms with Gasteiger partial charge in [0.25, 0.3) is 0 Å². The number of nitrogens with zero attached hydrogens (tertiary/aromatic N) is 3. The minimum Gasteiger partial charge on any atom is -0.444 e. The van der Waals surface area contributed by atoms with Crippen LogP contribution in [0.2, 0.25) is 0 Å². The molecule has 0 bridgehead atoms. The van der Waals surface area contributed by atoms with E-state index in [1.54, 1.807) is 23.4 Å². The maximum Gasteiger partial charge on any atom is 0.410 e. The van der Waals surface area contributed by atoms with Crippen LogP contribution in [-0.4, -0.2) is 45.1 Å². The van der Waals surface area contributed by atoms with E-state index in [0.717, 1.165) is 29.4 Å². The number of benzene rings is 2. The molecule has 1 N–H and O–H groups in total. The fourth-order valence-corrected chi connectivity index (χ4v) is 4.44. The van der Waals surface area contributed by atoms with Gasteiger partial charge in [0.1, 0.15) is 11.4 Å². The largest absolute Gasteiger partial charge is 0.444 e. The lowest BCUT2D eigenvalue weighted by Gasteiger charge is -2.33. The van der Waals surface area contributed by atoms with Gasteiger partial charge in [0.15, 0.2) is 0 Å². The molecule has 2 heterocycles. The van der Waals surface area contributed by atoms with Gasteiger partial charge in [-0.25, -0.2) is 14.2 Å². The number of para-hydroxylation sites is 2. The van der Waals surface area contributed by atoms with Crippen molar-refractivity contribution in [3.8, 4) is 0 Å². The highest BCUT2D eigenvalue weighted by Gasteiger charge is 2.28. The maximum atomic E-state index is 13.5. The van der Waals surface area contributed by atoms with Crippen molar-refractivity contribution in [3.05, 3.63) is 66.2 Å². The number of fused-ring (bicyclic) bond motifs is 1. The number of nitrogens with one attached hydrogen (secondary N) is 1. The van der Waals surface area contributed by atoms with Crippen LogP contribution in [0.15, 0.2) is 54.9 Å². The molecule has 2 amide bonds. The van der Waals surface area contributed by atoms with E-state index in [2.05, 4.69) is 10.3 Å². The van der Waals surface area contributed by atoms with Crippen LogP contribution < -0.4 is 5.32 Å². The molecule has 8 heteroatoms. The average Bonchev–Trinajstić information content (AvgIpc) is 3.21. The van der Waals surface area contributed by atoms with E-state index in [-0.39, 0.29) is 29.8 Å². The summed E-state index contributed by atoms with van der Waals surface area (Å²) in [6.07, 6.45) is 3.34. The maximum absolute atomic E-state index is 13.5. The number of rotatable bonds is 6. The number of aromatic nitrogens is 2. The molecule has 0 saturated carbocycles. The third-order valence-corrected chi connectivity index (χ3v) is 6.25. The Balaban J connectivity index is 1.39. The standard InChI is InChI=1S/C27H33FN4O3/c1-27(2,3)35-26(34)31-14-12-19(13-15-31)16-25(33)30-23(20-8-10-21(28)11-9-20)17-32-18-29-22-6-4-5-7-24(22)32/h4-11,18-19,23H,12-17H2,1-3H3,(H,30,33). The van der Waals surface area contributed by atoms with Gasteiger partial charge in [-0.1, -0.05) is 24.3 Å². The lowest BCUT2D eigenvalue weighted by Crippen LogP contribution is -2.42. The molecular formula is C27H33FN4O3. The van der Waals surface area contributed by atoms with E-state index in [9.17, 15) is 14.0 Å². The highest BCUT2D eigenvalue weighted by molar-refractivity contribution is 5.77. The van der Waals surface area contributed by atoms with Gasteiger partial charge in [0, 0.05) is 26.1 Å². The van der Waals surface area contributed by atoms with Crippen LogP contribution in [0.3, 0.4) is 0 Å². The molecule has 1 aliphatic heterocycles. The Morgan fingerprint density at radius 2 is 1.80 bits per heavy atom. The van der Waals surface area contributed by atoms with Crippen LogP contribution in [0.5, 0.6) is 0 Å². The number of likely N-dealkylation sites (tertiary alicyclic amines) is 1. The predicted molar refractivity (Wildman–Crippen MR) is 132 cm³/mol. The molecular weight excluding hydrogens is 447 g/mol. The minimum absolute atomic E-state index is 0.0561. The van der Waals surface area contributed by atoms with E-state index in [4.69, 9.17) is 4.74 Å². The first-order chi connectivity index (χ1) is 16.7. The van der Waals surface area contributed by atoms with E-state index >= 15 is 0 Å². The number of imidazole rings is 1. The van der Waals surface area contributed by atoms with E-state index in [1.165, 1.54) is 12.1 Å². The summed E-state index contributed by atoms with van der Waals surface area (Å²) in [6, 6.07) is 13.7. The minimum atomic E-state index is -0.524. The molecule has 1 aromatic heterocycles. The first kappa shape index (κ1) is 24.7. The third-order valence-electron chi connectivity index (χ3n) is 6.25. The van der Waals surface area contributed by atoms with Crippen molar-refractivity contribution in [1.82, 2.24) is 19.8 Å². The Bertz CT molecular complexity index is 1160. The number of carbonyl (C=O) groups is 2. The van der Waals surface area contributed by atoms with Gasteiger partial charge in [-0.05, 0) is 69.4 Å². The van der Waals surface area contributed by atoms with Crippen molar-refractivity contribution >= 4 is 23.0 Å². The van der Waals surface area contributed by atoms with Crippen LogP contribution in [0.25, 0.3) is 11.0 Å². The van der Waals surface area contributed by atoms with E-state index in [0.29, 0.717) is 26.1 Å². The third kappa shape index (κ3) is 6.59. The normalized spacial score (nSPS) is 15.7. The quantitative estimate of drug-likeness (QED) is 0.534. The summed E-state index contributed by atoms with van der Waals surface area (Å²) in [6.45, 7) is 7.20. The van der Waals surface area contributed by atoms with Crippen molar-refractivity contribution in [2.75, 3.05) is 13.1 Å². The molecule has 3 aromatic rings. The summed E-state index contributed by atoms with van der Waals surface area (Å²) in [7, 11) is 0. The van der Waals surface area contributed by atoms with Gasteiger partial charge in [-0.15, -0.1) is 0 Å². The number of hydrogen-bond donors (Lipinski definition) is 1. The lowest BCUT2D eigenvalue weighted by molar-refractivity contribution is -0.123. The Kier molecular flexibility index (Phi) is 7.38. The molecule has 1 unspecified atom stereocenters. The molecule has 0 spiro atoms. The van der Waals surface area contributed by atoms with Gasteiger partial charge < -0.3 is 19.5 Å². The molecule has 35 heavy (non-hydrogen) atoms. The molecule has 1 fully saturated rings. The molecule has 1 aliphatic rings. The zero-order valence-corrected chi connectivity index (χ0v) is 20.5. The summed E-state index contributed by atoms with van der Waals surface area (Å²) in [5.41, 5.74) is 2.16. The average molecular weight is 481 g/mol. The Labute approximate surface area is 205 Å². The van der Waals surface area contributed by atoms with Crippen molar-refractivity contribution in [2.45, 2.75) is 58.2 Å². The second-order valence-electron chi connectivity index (χ2n) is 10.2. The highest BCUT2D eigenvalue weighted by atomic mass is 19.1. The topological polar surface area (TPSA) is 76.5 Å². The first-order valence-electron chi connectivity index (χ1n) is 12.1. The highest BCUT2D eigenvalue weighted by Crippen LogP contribution is 2.24. The zero-order chi connectivity index (χ0) is 25.0. The van der Waals surface area contributed by atoms with Crippen molar-refractivity contribution in [1.29, 1.82) is 0 Å². The van der Waals surface area contributed by atoms with Gasteiger partial charge >= 0.3 is 6.09 Å². The van der Waals surface area contributed by atoms with Crippen molar-refractivity contribution in [3.63, 3.8) is 0 Å². The summed E-state index contributed by atoms with van der Waals surface area (Å²) in [5, 5.41) is 3.15. The number of ether oxygens (including phenoxy) is 1. The van der Waals surface area contributed by atoms with Crippen LogP contribution in [-0.2, 0) is 16.1 Å². The summed E-state index contributed by atoms with van der Waals surface area (Å²) in [5.74, 6) is -0.181. The van der Waals surface area contributed by atoms with E-state index < -0.39 is 5.60 Å². The Morgan fingerprint density at radius 3 is 2.49 bits per heavy atom. The van der Waals surface area contributed by atoms with Crippen LogP contribution in [0.4, 0.5) is 9.18 Å². The summed E-state index contributed by atoms with van der Waals surface area (Å²) < 4.78 is 21.0. The molecule has 1 atom stereocenters. The summed E-state index contributed by atoms with van der Waals surface area (Å²) in [4.78, 5) is 31.5. The monoisotopic (exact) mass is 480 g/mol. The van der Waals surface area contributed by atoms with Crippen LogP contribution >= 0.6 is 0 Å². The van der Waals surface area contributed by atoms with E-state index in [1.807, 2.05) is 49.6 Å². The van der Waals surface area contributed by atoms with Gasteiger partial charge in [0.2, 0.25) is 5.91 Å². The number of carbonyl (C=O) groups excluding carboxylic acids is 2. The number of amides is 2. The summed E-state index contributed by atoms with van der Waals surface area (Å²) >= 11 is 0. The Morgan fingerprint density at radius 1 is 1.11 bits per heavy atom. The number of halogens is 1. The fraction of sp³-hybridized carbons (Fsp3) is 0.444. The molecule has 0 aliphatic carbocycles. The lowest BCUT2D eigenvalue weighted by atomic mass is 9.93. The van der Waals surface area contributed by atoms with Gasteiger partial charge in [-0.3, -0.25) is 4.79 Å². The smallest absolute Gasteiger partial charge is 0.410 e. The number of piperidine rings is 1. The van der Waals surface area contributed by atoms with Crippen molar-refractivity contribution < 1.29 is 18.7 Å². The molecule has 2 aromatic carbocycles. The SMILES string of the molecule is CC(C)(C)OC(=O)N1CCC(CC(=O)NC(Cn2cnc3ccccc32)c2ccc(F)cc2)CC1. The van der Waals surface area contributed by atoms with Gasteiger partial charge in [0.05, 0.1) is 23.4 Å². The molecule has 186 valence electrons. The van der Waals surface area contributed by atoms with Crippen LogP contribution in [0, 0.1) is 11.7 Å². The zero-order valence-electron chi connectivity index (χ0n) is 20.5. The Hall–Kier alpha value is -3.42. The fourth-order valence-electron chi connectivity index (χ4n) is 4.44. The molecule has 0 radical (unpaired) electrons. The molecule has 1 saturated heterocycles. The molecule has 4 rings (SSSR count). The predicted octanol–water partition coefficient (Wildman–Crippen LogP) is 5.07. The number of hydrogen-bond acceptors (Lipinski definition) is 4. The van der Waals surface area contributed by atoms with Crippen molar-refractivity contribution in [2.24, 2.45) is 5.92 Å².